The van der Waals surface area contributed by atoms with E-state index in [1.807, 2.05) is 13.0 Å². The first-order valence-electron chi connectivity index (χ1n) is 8.36. The normalized spacial score (nSPS) is 11.2. The Labute approximate surface area is 158 Å². The molecule has 0 unspecified atom stereocenters. The molecule has 0 aliphatic heterocycles. The van der Waals surface area contributed by atoms with Crippen molar-refractivity contribution in [3.8, 4) is 0 Å². The number of hydrogen-bond donors (Lipinski definition) is 2. The Morgan fingerprint density at radius 1 is 1.11 bits per heavy atom. The van der Waals surface area contributed by atoms with Crippen LogP contribution in [0.3, 0.4) is 0 Å². The molecule has 0 fully saturated rings. The van der Waals surface area contributed by atoms with Gasteiger partial charge in [-0.1, -0.05) is 17.7 Å². The van der Waals surface area contributed by atoms with Gasteiger partial charge in [0.1, 0.15) is 5.69 Å². The summed E-state index contributed by atoms with van der Waals surface area (Å²) in [6.07, 6.45) is 0.669. The molecule has 146 valence electrons. The second kappa shape index (κ2) is 8.83. The fourth-order valence-corrected chi connectivity index (χ4v) is 3.70. The van der Waals surface area contributed by atoms with Gasteiger partial charge in [0.25, 0.3) is 15.7 Å². The van der Waals surface area contributed by atoms with E-state index in [-0.39, 0.29) is 16.3 Å². The predicted molar refractivity (Wildman–Crippen MR) is 105 cm³/mol. The van der Waals surface area contributed by atoms with Crippen LogP contribution in [0.15, 0.2) is 41.3 Å². The number of nitro benzene ring substituents is 1. The molecule has 2 rings (SSSR count). The number of rotatable bonds is 9. The lowest BCUT2D eigenvalue weighted by Crippen LogP contribution is -2.14. The molecule has 0 radical (unpaired) electrons. The number of ether oxygens (including phenoxy) is 1. The number of nitro groups is 1. The number of nitrogens with zero attached hydrogens (tertiary/aromatic N) is 1. The maximum absolute atomic E-state index is 12.7. The second-order valence-electron chi connectivity index (χ2n) is 6.13. The fraction of sp³-hybridized carbons (Fsp3) is 0.333. The average molecular weight is 393 g/mol. The summed E-state index contributed by atoms with van der Waals surface area (Å²) in [6, 6.07) is 9.12. The number of methoxy groups -OCH3 is 1. The smallest absolute Gasteiger partial charge is 0.293 e. The maximum Gasteiger partial charge on any atom is 0.293 e. The lowest BCUT2D eigenvalue weighted by molar-refractivity contribution is -0.384. The SMILES string of the molecule is COCCCNc1ccc(S(=O)(=O)Nc2ccc(C)cc2C)cc1[N+](=O)[O-]. The van der Waals surface area contributed by atoms with E-state index in [0.717, 1.165) is 17.2 Å². The quantitative estimate of drug-likeness (QED) is 0.383. The molecule has 0 aliphatic carbocycles. The molecule has 2 aromatic rings. The first kappa shape index (κ1) is 20.7. The van der Waals surface area contributed by atoms with Crippen molar-refractivity contribution in [1.82, 2.24) is 0 Å². The largest absolute Gasteiger partial charge is 0.385 e. The van der Waals surface area contributed by atoms with Gasteiger partial charge in [0.15, 0.2) is 0 Å². The van der Waals surface area contributed by atoms with Gasteiger partial charge in [0, 0.05) is 26.3 Å². The van der Waals surface area contributed by atoms with Crippen molar-refractivity contribution in [3.05, 3.63) is 57.6 Å². The van der Waals surface area contributed by atoms with E-state index in [0.29, 0.717) is 25.3 Å². The lowest BCUT2D eigenvalue weighted by Gasteiger charge is -2.12. The van der Waals surface area contributed by atoms with Crippen LogP contribution >= 0.6 is 0 Å². The van der Waals surface area contributed by atoms with Crippen molar-refractivity contribution in [3.63, 3.8) is 0 Å². The highest BCUT2D eigenvalue weighted by Crippen LogP contribution is 2.29. The summed E-state index contributed by atoms with van der Waals surface area (Å²) in [6.45, 7) is 4.70. The molecule has 9 heteroatoms. The van der Waals surface area contributed by atoms with Gasteiger partial charge in [0.2, 0.25) is 0 Å². The van der Waals surface area contributed by atoms with Gasteiger partial charge < -0.3 is 10.1 Å². The van der Waals surface area contributed by atoms with Crippen molar-refractivity contribution in [2.45, 2.75) is 25.2 Å². The van der Waals surface area contributed by atoms with E-state index in [1.165, 1.54) is 12.1 Å². The van der Waals surface area contributed by atoms with Crippen LogP contribution in [0.1, 0.15) is 17.5 Å². The summed E-state index contributed by atoms with van der Waals surface area (Å²) in [5.41, 5.74) is 2.18. The van der Waals surface area contributed by atoms with Crippen molar-refractivity contribution in [2.75, 3.05) is 30.3 Å². The van der Waals surface area contributed by atoms with Crippen molar-refractivity contribution < 1.29 is 18.1 Å². The highest BCUT2D eigenvalue weighted by molar-refractivity contribution is 7.92. The minimum Gasteiger partial charge on any atom is -0.385 e. The predicted octanol–water partition coefficient (Wildman–Crippen LogP) is 3.46. The Morgan fingerprint density at radius 2 is 1.81 bits per heavy atom. The highest BCUT2D eigenvalue weighted by Gasteiger charge is 2.22. The highest BCUT2D eigenvalue weighted by atomic mass is 32.2. The Morgan fingerprint density at radius 3 is 2.44 bits per heavy atom. The van der Waals surface area contributed by atoms with Crippen LogP contribution in [0.2, 0.25) is 0 Å². The third-order valence-electron chi connectivity index (χ3n) is 3.94. The van der Waals surface area contributed by atoms with Crippen molar-refractivity contribution >= 4 is 27.1 Å². The standard InChI is InChI=1S/C18H23N3O5S/c1-13-5-7-16(14(2)11-13)20-27(24,25)15-6-8-17(18(12-15)21(22)23)19-9-4-10-26-3/h5-8,11-12,19-20H,4,9-10H2,1-3H3. The molecule has 2 aromatic carbocycles. The molecule has 0 amide bonds. The maximum atomic E-state index is 12.7. The molecule has 0 spiro atoms. The molecule has 0 atom stereocenters. The van der Waals surface area contributed by atoms with E-state index in [9.17, 15) is 18.5 Å². The van der Waals surface area contributed by atoms with Crippen LogP contribution < -0.4 is 10.0 Å². The van der Waals surface area contributed by atoms with E-state index >= 15 is 0 Å². The third-order valence-corrected chi connectivity index (χ3v) is 5.31. The summed E-state index contributed by atoms with van der Waals surface area (Å²) in [5, 5.41) is 14.3. The van der Waals surface area contributed by atoms with Gasteiger partial charge in [-0.15, -0.1) is 0 Å². The van der Waals surface area contributed by atoms with Crippen LogP contribution in [0.5, 0.6) is 0 Å². The van der Waals surface area contributed by atoms with Crippen LogP contribution in [0.25, 0.3) is 0 Å². The molecule has 0 aliphatic rings. The van der Waals surface area contributed by atoms with Crippen molar-refractivity contribution in [2.24, 2.45) is 0 Å². The topological polar surface area (TPSA) is 111 Å². The van der Waals surface area contributed by atoms with Crippen LogP contribution in [-0.2, 0) is 14.8 Å². The van der Waals surface area contributed by atoms with Gasteiger partial charge in [-0.3, -0.25) is 14.8 Å². The van der Waals surface area contributed by atoms with Crippen molar-refractivity contribution in [1.29, 1.82) is 0 Å². The monoisotopic (exact) mass is 393 g/mol. The summed E-state index contributed by atoms with van der Waals surface area (Å²) in [7, 11) is -2.38. The molecule has 0 heterocycles. The molecule has 0 aromatic heterocycles. The minimum atomic E-state index is -3.95. The Balaban J connectivity index is 2.28. The number of nitrogens with one attached hydrogen (secondary N) is 2. The lowest BCUT2D eigenvalue weighted by atomic mass is 10.1. The number of aryl methyl sites for hydroxylation is 2. The zero-order chi connectivity index (χ0) is 20.0. The molecule has 0 bridgehead atoms. The average Bonchev–Trinajstić information content (AvgIpc) is 2.61. The first-order valence-corrected chi connectivity index (χ1v) is 9.84. The third kappa shape index (κ3) is 5.41. The molecule has 0 saturated carbocycles. The molecular formula is C18H23N3O5S. The molecule has 27 heavy (non-hydrogen) atoms. The fourth-order valence-electron chi connectivity index (χ4n) is 2.55. The molecule has 8 nitrogen and oxygen atoms in total. The van der Waals surface area contributed by atoms with Gasteiger partial charge in [-0.05, 0) is 44.0 Å². The van der Waals surface area contributed by atoms with Gasteiger partial charge >= 0.3 is 0 Å². The van der Waals surface area contributed by atoms with Crippen LogP contribution in [-0.4, -0.2) is 33.6 Å². The van der Waals surface area contributed by atoms with Gasteiger partial charge in [-0.25, -0.2) is 8.42 Å². The summed E-state index contributed by atoms with van der Waals surface area (Å²) in [4.78, 5) is 10.6. The number of anilines is 2. The summed E-state index contributed by atoms with van der Waals surface area (Å²) < 4.78 is 32.7. The Kier molecular flexibility index (Phi) is 6.75. The molecule has 0 saturated heterocycles. The summed E-state index contributed by atoms with van der Waals surface area (Å²) in [5.74, 6) is 0. The van der Waals surface area contributed by atoms with Crippen LogP contribution in [0.4, 0.5) is 17.1 Å². The molecular weight excluding hydrogens is 370 g/mol. The van der Waals surface area contributed by atoms with Crippen LogP contribution in [0, 0.1) is 24.0 Å². The Bertz CT molecular complexity index is 929. The summed E-state index contributed by atoms with van der Waals surface area (Å²) >= 11 is 0. The minimum absolute atomic E-state index is 0.170. The Hall–Kier alpha value is -2.65. The number of hydrogen-bond acceptors (Lipinski definition) is 6. The number of sulfonamides is 1. The first-order chi connectivity index (χ1) is 12.7. The van der Waals surface area contributed by atoms with Gasteiger partial charge in [0.05, 0.1) is 15.5 Å². The van der Waals surface area contributed by atoms with E-state index in [1.54, 1.807) is 26.2 Å². The zero-order valence-electron chi connectivity index (χ0n) is 15.5. The zero-order valence-corrected chi connectivity index (χ0v) is 16.3. The van der Waals surface area contributed by atoms with E-state index in [4.69, 9.17) is 4.74 Å². The second-order valence-corrected chi connectivity index (χ2v) is 7.82. The van der Waals surface area contributed by atoms with Gasteiger partial charge in [-0.2, -0.15) is 0 Å². The number of benzene rings is 2. The molecule has 2 N–H and O–H groups in total. The van der Waals surface area contributed by atoms with E-state index in [2.05, 4.69) is 10.0 Å². The van der Waals surface area contributed by atoms with E-state index < -0.39 is 14.9 Å².